The zero-order chi connectivity index (χ0) is 13.8. The van der Waals surface area contributed by atoms with Crippen molar-refractivity contribution in [3.05, 3.63) is 57.5 Å². The van der Waals surface area contributed by atoms with Gasteiger partial charge in [0.25, 0.3) is 0 Å². The van der Waals surface area contributed by atoms with E-state index in [0.29, 0.717) is 27.6 Å². The molecule has 0 unspecified atom stereocenters. The molecular formula is C14H12ClNO3. The number of ether oxygens (including phenoxy) is 1. The van der Waals surface area contributed by atoms with Crippen LogP contribution in [0.15, 0.2) is 41.6 Å². The largest absolute Gasteiger partial charge is 0.508 e. The maximum atomic E-state index is 10.6. The number of phenolic OH excluding ortho intramolecular Hbond substituents is 1. The Morgan fingerprint density at radius 1 is 1.32 bits per heavy atom. The molecule has 0 aliphatic rings. The Balaban J connectivity index is 2.19. The molecule has 2 aromatic carbocycles. The van der Waals surface area contributed by atoms with E-state index in [1.165, 1.54) is 6.07 Å². The van der Waals surface area contributed by atoms with Gasteiger partial charge in [0.1, 0.15) is 23.8 Å². The topological polar surface area (TPSA) is 58.9 Å². The molecule has 0 radical (unpaired) electrons. The Labute approximate surface area is 115 Å². The van der Waals surface area contributed by atoms with E-state index >= 15 is 0 Å². The summed E-state index contributed by atoms with van der Waals surface area (Å²) >= 11 is 5.97. The summed E-state index contributed by atoms with van der Waals surface area (Å²) in [6, 6.07) is 9.99. The van der Waals surface area contributed by atoms with Gasteiger partial charge in [-0.1, -0.05) is 29.8 Å². The molecule has 1 N–H and O–H groups in total. The van der Waals surface area contributed by atoms with E-state index in [4.69, 9.17) is 16.3 Å². The third kappa shape index (κ3) is 3.03. The molecule has 0 atom stereocenters. The van der Waals surface area contributed by atoms with E-state index in [9.17, 15) is 10.0 Å². The van der Waals surface area contributed by atoms with Gasteiger partial charge in [-0.15, -0.1) is 4.91 Å². The van der Waals surface area contributed by atoms with Crippen LogP contribution in [0, 0.1) is 11.8 Å². The molecule has 5 heteroatoms. The van der Waals surface area contributed by atoms with Crippen molar-refractivity contribution in [2.75, 3.05) is 0 Å². The van der Waals surface area contributed by atoms with Gasteiger partial charge in [-0.25, -0.2) is 0 Å². The molecule has 0 aromatic heterocycles. The molecule has 0 fully saturated rings. The number of aromatic hydroxyl groups is 1. The molecule has 0 aliphatic heterocycles. The highest BCUT2D eigenvalue weighted by atomic mass is 35.5. The SMILES string of the molecule is Cc1cc(OCc2ccccc2N=O)c(Cl)cc1O. The first-order chi connectivity index (χ1) is 9.11. The number of nitroso groups, excluding NO2 is 1. The van der Waals surface area contributed by atoms with E-state index < -0.39 is 0 Å². The van der Waals surface area contributed by atoms with Gasteiger partial charge in [-0.05, 0) is 29.8 Å². The van der Waals surface area contributed by atoms with Gasteiger partial charge in [0.2, 0.25) is 0 Å². The van der Waals surface area contributed by atoms with Crippen molar-refractivity contribution in [1.82, 2.24) is 0 Å². The second kappa shape index (κ2) is 5.71. The number of halogens is 1. The highest BCUT2D eigenvalue weighted by molar-refractivity contribution is 6.32. The van der Waals surface area contributed by atoms with E-state index in [0.717, 1.165) is 0 Å². The fourth-order valence-corrected chi connectivity index (χ4v) is 1.85. The standard InChI is InChI=1S/C14H12ClNO3/c1-9-6-14(11(15)7-13(9)17)19-8-10-4-2-3-5-12(10)16-18/h2-7,17H,8H2,1H3. The molecule has 0 saturated carbocycles. The molecule has 98 valence electrons. The third-order valence-electron chi connectivity index (χ3n) is 2.72. The van der Waals surface area contributed by atoms with Gasteiger partial charge in [-0.3, -0.25) is 0 Å². The monoisotopic (exact) mass is 277 g/mol. The van der Waals surface area contributed by atoms with Gasteiger partial charge in [-0.2, -0.15) is 0 Å². The van der Waals surface area contributed by atoms with Gasteiger partial charge in [0, 0.05) is 11.6 Å². The Morgan fingerprint density at radius 2 is 2.05 bits per heavy atom. The second-order valence-electron chi connectivity index (χ2n) is 4.08. The molecular weight excluding hydrogens is 266 g/mol. The number of hydrogen-bond acceptors (Lipinski definition) is 4. The van der Waals surface area contributed by atoms with Crippen molar-refractivity contribution < 1.29 is 9.84 Å². The molecule has 2 aromatic rings. The highest BCUT2D eigenvalue weighted by Crippen LogP contribution is 2.32. The van der Waals surface area contributed by atoms with Crippen LogP contribution in [0.4, 0.5) is 5.69 Å². The predicted molar refractivity (Wildman–Crippen MR) is 74.1 cm³/mol. The summed E-state index contributed by atoms with van der Waals surface area (Å²) in [6.07, 6.45) is 0. The minimum absolute atomic E-state index is 0.118. The number of benzene rings is 2. The van der Waals surface area contributed by atoms with Crippen molar-refractivity contribution >= 4 is 17.3 Å². The number of rotatable bonds is 4. The summed E-state index contributed by atoms with van der Waals surface area (Å²) in [5.41, 5.74) is 1.69. The van der Waals surface area contributed by atoms with Crippen LogP contribution in [0.2, 0.25) is 5.02 Å². The lowest BCUT2D eigenvalue weighted by molar-refractivity contribution is 0.306. The number of nitrogens with zero attached hydrogens (tertiary/aromatic N) is 1. The lowest BCUT2D eigenvalue weighted by Crippen LogP contribution is -1.96. The molecule has 0 spiro atoms. The minimum Gasteiger partial charge on any atom is -0.508 e. The van der Waals surface area contributed by atoms with Gasteiger partial charge in [0.15, 0.2) is 0 Å². The van der Waals surface area contributed by atoms with E-state index in [-0.39, 0.29) is 12.4 Å². The fraction of sp³-hybridized carbons (Fsp3) is 0.143. The van der Waals surface area contributed by atoms with Gasteiger partial charge < -0.3 is 9.84 Å². The summed E-state index contributed by atoms with van der Waals surface area (Å²) < 4.78 is 5.56. The Hall–Kier alpha value is -2.07. The van der Waals surface area contributed by atoms with Crippen LogP contribution >= 0.6 is 11.6 Å². The third-order valence-corrected chi connectivity index (χ3v) is 3.02. The molecule has 4 nitrogen and oxygen atoms in total. The first-order valence-corrected chi connectivity index (χ1v) is 6.03. The fourth-order valence-electron chi connectivity index (χ4n) is 1.63. The lowest BCUT2D eigenvalue weighted by Gasteiger charge is -2.10. The van der Waals surface area contributed by atoms with Crippen LogP contribution in [0.3, 0.4) is 0 Å². The van der Waals surface area contributed by atoms with E-state index in [1.54, 1.807) is 37.3 Å². The van der Waals surface area contributed by atoms with Crippen molar-refractivity contribution in [2.24, 2.45) is 5.18 Å². The smallest absolute Gasteiger partial charge is 0.138 e. The summed E-state index contributed by atoms with van der Waals surface area (Å²) in [5, 5.41) is 12.7. The number of aryl methyl sites for hydroxylation is 1. The van der Waals surface area contributed by atoms with Crippen LogP contribution in [0.1, 0.15) is 11.1 Å². The van der Waals surface area contributed by atoms with Gasteiger partial charge >= 0.3 is 0 Å². The maximum absolute atomic E-state index is 10.6. The zero-order valence-electron chi connectivity index (χ0n) is 10.3. The van der Waals surface area contributed by atoms with Crippen molar-refractivity contribution in [3.63, 3.8) is 0 Å². The van der Waals surface area contributed by atoms with Crippen LogP contribution in [-0.4, -0.2) is 5.11 Å². The maximum Gasteiger partial charge on any atom is 0.138 e. The Bertz CT molecular complexity index is 614. The minimum atomic E-state index is 0.118. The number of hydrogen-bond donors (Lipinski definition) is 1. The molecule has 0 bridgehead atoms. The Morgan fingerprint density at radius 3 is 2.79 bits per heavy atom. The zero-order valence-corrected chi connectivity index (χ0v) is 11.0. The van der Waals surface area contributed by atoms with Crippen LogP contribution in [-0.2, 0) is 6.61 Å². The first-order valence-electron chi connectivity index (χ1n) is 5.65. The summed E-state index contributed by atoms with van der Waals surface area (Å²) in [6.45, 7) is 1.94. The summed E-state index contributed by atoms with van der Waals surface area (Å²) in [7, 11) is 0. The van der Waals surface area contributed by atoms with Crippen molar-refractivity contribution in [1.29, 1.82) is 0 Å². The quantitative estimate of drug-likeness (QED) is 0.846. The highest BCUT2D eigenvalue weighted by Gasteiger charge is 2.08. The second-order valence-corrected chi connectivity index (χ2v) is 4.48. The van der Waals surface area contributed by atoms with Crippen molar-refractivity contribution in [3.8, 4) is 11.5 Å². The van der Waals surface area contributed by atoms with Crippen LogP contribution < -0.4 is 4.74 Å². The molecule has 2 rings (SSSR count). The van der Waals surface area contributed by atoms with Crippen molar-refractivity contribution in [2.45, 2.75) is 13.5 Å². The first kappa shape index (κ1) is 13.4. The summed E-state index contributed by atoms with van der Waals surface area (Å²) in [5.74, 6) is 0.574. The average molecular weight is 278 g/mol. The molecule has 0 amide bonds. The molecule has 0 saturated heterocycles. The molecule has 19 heavy (non-hydrogen) atoms. The number of phenols is 1. The van der Waals surface area contributed by atoms with Crippen LogP contribution in [0.25, 0.3) is 0 Å². The van der Waals surface area contributed by atoms with E-state index in [2.05, 4.69) is 5.18 Å². The predicted octanol–water partition coefficient (Wildman–Crippen LogP) is 4.33. The van der Waals surface area contributed by atoms with E-state index in [1.807, 2.05) is 0 Å². The Kier molecular flexibility index (Phi) is 4.02. The van der Waals surface area contributed by atoms with Gasteiger partial charge in [0.05, 0.1) is 5.02 Å². The average Bonchev–Trinajstić information content (AvgIpc) is 2.41. The molecule has 0 aliphatic carbocycles. The summed E-state index contributed by atoms with van der Waals surface area (Å²) in [4.78, 5) is 10.6. The lowest BCUT2D eigenvalue weighted by atomic mass is 10.2. The van der Waals surface area contributed by atoms with Crippen LogP contribution in [0.5, 0.6) is 11.5 Å². The molecule has 0 heterocycles. The normalized spacial score (nSPS) is 10.2.